The number of rotatable bonds is 5. The van der Waals surface area contributed by atoms with Gasteiger partial charge in [0.15, 0.2) is 0 Å². The molecule has 3 heterocycles. The highest BCUT2D eigenvalue weighted by Gasteiger charge is 2.28. The van der Waals surface area contributed by atoms with E-state index in [4.69, 9.17) is 9.72 Å². The largest absolute Gasteiger partial charge is 0.378 e. The lowest BCUT2D eigenvalue weighted by atomic mass is 9.93. The molecule has 1 atom stereocenters. The number of likely N-dealkylation sites (tertiary alicyclic amines) is 1. The highest BCUT2D eigenvalue weighted by Crippen LogP contribution is 2.30. The van der Waals surface area contributed by atoms with Gasteiger partial charge in [-0.2, -0.15) is 0 Å². The molecule has 2 aliphatic rings. The minimum atomic E-state index is -0.229. The molecule has 0 N–H and O–H groups in total. The monoisotopic (exact) mass is 473 g/mol. The van der Waals surface area contributed by atoms with Crippen LogP contribution in [0.3, 0.4) is 0 Å². The summed E-state index contributed by atoms with van der Waals surface area (Å²) < 4.78 is 18.7. The van der Waals surface area contributed by atoms with E-state index >= 15 is 0 Å². The van der Waals surface area contributed by atoms with Crippen molar-refractivity contribution in [1.29, 1.82) is 0 Å². The van der Waals surface area contributed by atoms with Crippen molar-refractivity contribution in [3.8, 4) is 0 Å². The summed E-state index contributed by atoms with van der Waals surface area (Å²) in [6, 6.07) is 18.7. The van der Waals surface area contributed by atoms with E-state index in [1.54, 1.807) is 12.1 Å². The van der Waals surface area contributed by atoms with Crippen LogP contribution in [0.25, 0.3) is 0 Å². The van der Waals surface area contributed by atoms with Crippen molar-refractivity contribution in [3.63, 3.8) is 0 Å². The van der Waals surface area contributed by atoms with Crippen molar-refractivity contribution in [2.24, 2.45) is 0 Å². The van der Waals surface area contributed by atoms with Crippen molar-refractivity contribution in [1.82, 2.24) is 9.88 Å². The van der Waals surface area contributed by atoms with Gasteiger partial charge in [-0.05, 0) is 67.3 Å². The molecule has 182 valence electrons. The van der Waals surface area contributed by atoms with Crippen molar-refractivity contribution in [2.45, 2.75) is 32.1 Å². The zero-order valence-electron chi connectivity index (χ0n) is 20.3. The second-order valence-corrected chi connectivity index (χ2v) is 9.50. The number of pyridine rings is 1. The molecular weight excluding hydrogens is 441 g/mol. The second kappa shape index (κ2) is 10.6. The zero-order chi connectivity index (χ0) is 24.2. The average molecular weight is 474 g/mol. The van der Waals surface area contributed by atoms with Crippen LogP contribution in [0.2, 0.25) is 0 Å². The molecule has 1 amide bonds. The van der Waals surface area contributed by atoms with Crippen molar-refractivity contribution >= 4 is 11.6 Å². The smallest absolute Gasteiger partial charge is 0.254 e. The summed E-state index contributed by atoms with van der Waals surface area (Å²) in [6.45, 7) is 6.64. The summed E-state index contributed by atoms with van der Waals surface area (Å²) in [5.41, 5.74) is 5.98. The minimum Gasteiger partial charge on any atom is -0.378 e. The maximum Gasteiger partial charge on any atom is 0.254 e. The number of ether oxygens (including phenoxy) is 1. The minimum absolute atomic E-state index is 0.102. The SMILES string of the molecule is Cc1c(C(=O)N2CCC[C@@H](c3cccc(Cc4ccc(F)cc4)n3)C2)cccc1N1CCOCC1. The Kier molecular flexibility index (Phi) is 7.09. The summed E-state index contributed by atoms with van der Waals surface area (Å²) in [5.74, 6) is 0.0847. The van der Waals surface area contributed by atoms with Gasteiger partial charge in [0.05, 0.1) is 13.2 Å². The molecule has 1 aromatic heterocycles. The van der Waals surface area contributed by atoms with E-state index in [2.05, 4.69) is 24.0 Å². The first kappa shape index (κ1) is 23.5. The number of carbonyl (C=O) groups is 1. The molecule has 2 saturated heterocycles. The fourth-order valence-corrected chi connectivity index (χ4v) is 5.21. The van der Waals surface area contributed by atoms with Crippen molar-refractivity contribution < 1.29 is 13.9 Å². The number of amides is 1. The number of halogens is 1. The van der Waals surface area contributed by atoms with E-state index < -0.39 is 0 Å². The fraction of sp³-hybridized carbons (Fsp3) is 0.379. The molecule has 2 aliphatic heterocycles. The molecular formula is C29H32FN3O2. The lowest BCUT2D eigenvalue weighted by molar-refractivity contribution is 0.0705. The molecule has 0 spiro atoms. The fourth-order valence-electron chi connectivity index (χ4n) is 5.21. The van der Waals surface area contributed by atoms with Gasteiger partial charge in [0.2, 0.25) is 0 Å². The van der Waals surface area contributed by atoms with E-state index in [0.29, 0.717) is 13.0 Å². The first-order valence-electron chi connectivity index (χ1n) is 12.5. The van der Waals surface area contributed by atoms with Crippen LogP contribution in [0.4, 0.5) is 10.1 Å². The predicted molar refractivity (Wildman–Crippen MR) is 136 cm³/mol. The number of benzene rings is 2. The molecule has 5 nitrogen and oxygen atoms in total. The van der Waals surface area contributed by atoms with E-state index in [1.807, 2.05) is 29.2 Å². The van der Waals surface area contributed by atoms with Crippen LogP contribution in [-0.2, 0) is 11.2 Å². The Morgan fingerprint density at radius 2 is 1.80 bits per heavy atom. The van der Waals surface area contributed by atoms with Crippen LogP contribution in [0.5, 0.6) is 0 Å². The molecule has 2 fully saturated rings. The molecule has 2 aromatic carbocycles. The number of piperidine rings is 1. The average Bonchev–Trinajstić information content (AvgIpc) is 2.90. The standard InChI is InChI=1S/C29H32FN3O2/c1-21-26(7-3-9-28(21)32-15-17-35-18-16-32)29(34)33-14-4-5-23(20-33)27-8-2-6-25(31-27)19-22-10-12-24(30)13-11-22/h2-3,6-13,23H,4-5,14-20H2,1H3/t23-/m1/s1. The topological polar surface area (TPSA) is 45.7 Å². The molecule has 0 unspecified atom stereocenters. The van der Waals surface area contributed by atoms with Crippen LogP contribution in [0.1, 0.15) is 51.6 Å². The number of morpholine rings is 1. The molecule has 0 radical (unpaired) electrons. The quantitative estimate of drug-likeness (QED) is 0.525. The molecule has 0 aliphatic carbocycles. The number of hydrogen-bond acceptors (Lipinski definition) is 4. The predicted octanol–water partition coefficient (Wildman–Crippen LogP) is 4.98. The van der Waals surface area contributed by atoms with Gasteiger partial charge in [0.25, 0.3) is 5.91 Å². The van der Waals surface area contributed by atoms with E-state index in [9.17, 15) is 9.18 Å². The van der Waals surface area contributed by atoms with Crippen LogP contribution >= 0.6 is 0 Å². The molecule has 35 heavy (non-hydrogen) atoms. The number of aromatic nitrogens is 1. The number of nitrogens with zero attached hydrogens (tertiary/aromatic N) is 3. The Bertz CT molecular complexity index is 1170. The van der Waals surface area contributed by atoms with E-state index in [-0.39, 0.29) is 17.6 Å². The Morgan fingerprint density at radius 1 is 1.03 bits per heavy atom. The molecule has 3 aromatic rings. The lowest BCUT2D eigenvalue weighted by Gasteiger charge is -2.34. The molecule has 6 heteroatoms. The highest BCUT2D eigenvalue weighted by atomic mass is 19.1. The Balaban J connectivity index is 1.30. The Labute approximate surface area is 206 Å². The second-order valence-electron chi connectivity index (χ2n) is 9.50. The molecule has 5 rings (SSSR count). The van der Waals surface area contributed by atoms with Gasteiger partial charge < -0.3 is 14.5 Å². The maximum atomic E-state index is 13.6. The summed E-state index contributed by atoms with van der Waals surface area (Å²) in [4.78, 5) is 22.8. The van der Waals surface area contributed by atoms with Gasteiger partial charge >= 0.3 is 0 Å². The van der Waals surface area contributed by atoms with Gasteiger partial charge in [-0.3, -0.25) is 9.78 Å². The molecule has 0 bridgehead atoms. The summed E-state index contributed by atoms with van der Waals surface area (Å²) >= 11 is 0. The van der Waals surface area contributed by atoms with Crippen molar-refractivity contribution in [3.05, 3.63) is 94.6 Å². The van der Waals surface area contributed by atoms with Gasteiger partial charge in [0.1, 0.15) is 5.82 Å². The van der Waals surface area contributed by atoms with Gasteiger partial charge in [-0.15, -0.1) is 0 Å². The van der Waals surface area contributed by atoms with Crippen LogP contribution in [-0.4, -0.2) is 55.2 Å². The van der Waals surface area contributed by atoms with Gasteiger partial charge in [-0.1, -0.05) is 24.3 Å². The third-order valence-electron chi connectivity index (χ3n) is 7.14. The molecule has 0 saturated carbocycles. The third kappa shape index (κ3) is 5.38. The van der Waals surface area contributed by atoms with Crippen LogP contribution < -0.4 is 4.90 Å². The first-order valence-corrected chi connectivity index (χ1v) is 12.5. The van der Waals surface area contributed by atoms with E-state index in [0.717, 1.165) is 79.5 Å². The van der Waals surface area contributed by atoms with E-state index in [1.165, 1.54) is 12.1 Å². The number of hydrogen-bond donors (Lipinski definition) is 0. The van der Waals surface area contributed by atoms with Crippen LogP contribution in [0, 0.1) is 12.7 Å². The number of carbonyl (C=O) groups excluding carboxylic acids is 1. The van der Waals surface area contributed by atoms with Gasteiger partial charge in [-0.25, -0.2) is 4.39 Å². The van der Waals surface area contributed by atoms with Gasteiger partial charge in [0, 0.05) is 61.2 Å². The highest BCUT2D eigenvalue weighted by molar-refractivity contribution is 5.97. The normalized spacial score (nSPS) is 18.5. The number of anilines is 1. The Hall–Kier alpha value is -3.25. The first-order chi connectivity index (χ1) is 17.1. The van der Waals surface area contributed by atoms with Crippen molar-refractivity contribution in [2.75, 3.05) is 44.3 Å². The summed E-state index contributed by atoms with van der Waals surface area (Å²) in [5, 5.41) is 0. The maximum absolute atomic E-state index is 13.6. The Morgan fingerprint density at radius 3 is 2.60 bits per heavy atom. The van der Waals surface area contributed by atoms with Crippen LogP contribution in [0.15, 0.2) is 60.7 Å². The summed E-state index contributed by atoms with van der Waals surface area (Å²) in [6.07, 6.45) is 2.64. The third-order valence-corrected chi connectivity index (χ3v) is 7.14. The summed E-state index contributed by atoms with van der Waals surface area (Å²) in [7, 11) is 0. The lowest BCUT2D eigenvalue weighted by Crippen LogP contribution is -2.40. The zero-order valence-corrected chi connectivity index (χ0v) is 20.3.